The van der Waals surface area contributed by atoms with E-state index in [-0.39, 0.29) is 34.5 Å². The van der Waals surface area contributed by atoms with Gasteiger partial charge >= 0.3 is 29.6 Å². The molecule has 0 aromatic heterocycles. The molecule has 0 radical (unpaired) electrons. The van der Waals surface area contributed by atoms with Crippen LogP contribution in [0.25, 0.3) is 0 Å². The molecule has 0 saturated carbocycles. The van der Waals surface area contributed by atoms with Gasteiger partial charge in [-0.1, -0.05) is 11.6 Å². The van der Waals surface area contributed by atoms with Crippen LogP contribution in [0.4, 0.5) is 5.69 Å². The number of nitrogen functional groups attached to an aromatic ring is 1. The number of hydrogen-bond acceptors (Lipinski definition) is 3. The molecule has 1 aromatic carbocycles. The molecular formula is C7H9ClNNaO2S. The van der Waals surface area contributed by atoms with Gasteiger partial charge in [-0.3, -0.25) is 0 Å². The quantitative estimate of drug-likeness (QED) is 0.420. The Hall–Kier alpha value is 0.260. The Balaban J connectivity index is 0.00000144. The molecule has 0 aliphatic carbocycles. The molecule has 6 heteroatoms. The zero-order valence-electron chi connectivity index (χ0n) is 6.37. The summed E-state index contributed by atoms with van der Waals surface area (Å²) in [5.41, 5.74) is 6.61. The zero-order valence-corrected chi connectivity index (χ0v) is 8.02. The summed E-state index contributed by atoms with van der Waals surface area (Å²) < 4.78 is 21.1. The summed E-state index contributed by atoms with van der Waals surface area (Å²) in [6.45, 7) is 1.74. The first-order valence-corrected chi connectivity index (χ1v) is 4.78. The van der Waals surface area contributed by atoms with Crippen LogP contribution in [0.2, 0.25) is 5.02 Å². The standard InChI is InChI=1S/C7H8ClNO2S.Na.H/c1-4-6(8)2-5(12(10)11)3-7(4)9;;/h2-3,12H,9H2,1H3;;. The molecule has 13 heavy (non-hydrogen) atoms. The van der Waals surface area contributed by atoms with E-state index in [1.165, 1.54) is 12.1 Å². The number of anilines is 1. The minimum absolute atomic E-state index is 0. The van der Waals surface area contributed by atoms with Crippen molar-refractivity contribution in [1.82, 2.24) is 0 Å². The van der Waals surface area contributed by atoms with Gasteiger partial charge in [0.15, 0.2) is 10.7 Å². The molecule has 0 aliphatic rings. The average molecular weight is 230 g/mol. The molecular weight excluding hydrogens is 221 g/mol. The Morgan fingerprint density at radius 1 is 1.38 bits per heavy atom. The van der Waals surface area contributed by atoms with Crippen LogP contribution in [0.5, 0.6) is 0 Å². The van der Waals surface area contributed by atoms with Gasteiger partial charge in [0, 0.05) is 10.7 Å². The molecule has 0 unspecified atom stereocenters. The predicted octanol–water partition coefficient (Wildman–Crippen LogP) is 0.552. The topological polar surface area (TPSA) is 60.2 Å². The van der Waals surface area contributed by atoms with E-state index in [1.54, 1.807) is 6.92 Å². The van der Waals surface area contributed by atoms with Crippen LogP contribution in [0.15, 0.2) is 17.0 Å². The van der Waals surface area contributed by atoms with Crippen molar-refractivity contribution in [3.8, 4) is 0 Å². The number of halogens is 1. The summed E-state index contributed by atoms with van der Waals surface area (Å²) in [7, 11) is -2.60. The average Bonchev–Trinajstić information content (AvgIpc) is 1.99. The van der Waals surface area contributed by atoms with Gasteiger partial charge in [0.05, 0.1) is 4.90 Å². The Morgan fingerprint density at radius 3 is 2.31 bits per heavy atom. The second kappa shape index (κ2) is 5.22. The van der Waals surface area contributed by atoms with Crippen molar-refractivity contribution >= 4 is 57.5 Å². The first kappa shape index (κ1) is 13.3. The van der Waals surface area contributed by atoms with Crippen molar-refractivity contribution in [3.05, 3.63) is 22.7 Å². The van der Waals surface area contributed by atoms with Crippen LogP contribution < -0.4 is 5.73 Å². The molecule has 0 bridgehead atoms. The fraction of sp³-hybridized carbons (Fsp3) is 0.143. The van der Waals surface area contributed by atoms with Gasteiger partial charge in [0.1, 0.15) is 0 Å². The monoisotopic (exact) mass is 229 g/mol. The van der Waals surface area contributed by atoms with Crippen LogP contribution in [0.3, 0.4) is 0 Å². The van der Waals surface area contributed by atoms with Crippen molar-refractivity contribution in [1.29, 1.82) is 0 Å². The van der Waals surface area contributed by atoms with E-state index in [2.05, 4.69) is 0 Å². The zero-order chi connectivity index (χ0) is 9.30. The normalized spacial score (nSPS) is 9.77. The van der Waals surface area contributed by atoms with Crippen LogP contribution in [-0.4, -0.2) is 38.0 Å². The molecule has 68 valence electrons. The van der Waals surface area contributed by atoms with Crippen LogP contribution in [-0.2, 0) is 10.7 Å². The third-order valence-electron chi connectivity index (χ3n) is 1.58. The van der Waals surface area contributed by atoms with Crippen LogP contribution in [0.1, 0.15) is 5.56 Å². The molecule has 1 rings (SSSR count). The Kier molecular flexibility index (Phi) is 5.32. The second-order valence-electron chi connectivity index (χ2n) is 2.40. The van der Waals surface area contributed by atoms with E-state index in [9.17, 15) is 8.42 Å². The molecule has 0 spiro atoms. The van der Waals surface area contributed by atoms with Crippen molar-refractivity contribution in [2.75, 3.05) is 5.73 Å². The molecule has 0 heterocycles. The van der Waals surface area contributed by atoms with Crippen molar-refractivity contribution in [2.24, 2.45) is 0 Å². The van der Waals surface area contributed by atoms with Gasteiger partial charge in [-0.15, -0.1) is 0 Å². The van der Waals surface area contributed by atoms with Gasteiger partial charge < -0.3 is 5.73 Å². The van der Waals surface area contributed by atoms with Crippen molar-refractivity contribution < 1.29 is 8.42 Å². The van der Waals surface area contributed by atoms with Crippen molar-refractivity contribution in [2.45, 2.75) is 11.8 Å². The SMILES string of the molecule is Cc1c(N)cc([SH](=O)=O)cc1Cl.[NaH]. The van der Waals surface area contributed by atoms with E-state index < -0.39 is 10.7 Å². The second-order valence-corrected chi connectivity index (χ2v) is 3.84. The number of rotatable bonds is 1. The van der Waals surface area contributed by atoms with E-state index in [4.69, 9.17) is 17.3 Å². The minimum atomic E-state index is -2.60. The Labute approximate surface area is 106 Å². The molecule has 0 atom stereocenters. The van der Waals surface area contributed by atoms with Crippen LogP contribution in [0, 0.1) is 6.92 Å². The number of thiol groups is 1. The van der Waals surface area contributed by atoms with Gasteiger partial charge in [0.25, 0.3) is 0 Å². The van der Waals surface area contributed by atoms with E-state index in [0.29, 0.717) is 16.3 Å². The molecule has 1 aromatic rings. The summed E-state index contributed by atoms with van der Waals surface area (Å²) in [5.74, 6) is 0. The first-order chi connectivity index (χ1) is 5.52. The number of nitrogens with two attached hydrogens (primary N) is 1. The maximum atomic E-state index is 10.5. The molecule has 0 aliphatic heterocycles. The van der Waals surface area contributed by atoms with E-state index >= 15 is 0 Å². The number of benzene rings is 1. The van der Waals surface area contributed by atoms with Gasteiger partial charge in [0.2, 0.25) is 0 Å². The van der Waals surface area contributed by atoms with E-state index in [1.807, 2.05) is 0 Å². The molecule has 0 fully saturated rings. The van der Waals surface area contributed by atoms with Gasteiger partial charge in [-0.05, 0) is 24.6 Å². The first-order valence-electron chi connectivity index (χ1n) is 3.22. The predicted molar refractivity (Wildman–Crippen MR) is 56.3 cm³/mol. The third kappa shape index (κ3) is 3.14. The summed E-state index contributed by atoms with van der Waals surface area (Å²) in [6.07, 6.45) is 0. The van der Waals surface area contributed by atoms with Crippen molar-refractivity contribution in [3.63, 3.8) is 0 Å². The fourth-order valence-electron chi connectivity index (χ4n) is 0.791. The number of hydrogen-bond donors (Lipinski definition) is 2. The summed E-state index contributed by atoms with van der Waals surface area (Å²) in [5, 5.41) is 0.379. The molecule has 2 N–H and O–H groups in total. The van der Waals surface area contributed by atoms with E-state index in [0.717, 1.165) is 0 Å². The molecule has 0 saturated heterocycles. The Bertz CT molecular complexity index is 361. The molecule has 3 nitrogen and oxygen atoms in total. The Morgan fingerprint density at radius 2 is 1.92 bits per heavy atom. The molecule has 0 amide bonds. The fourth-order valence-corrected chi connectivity index (χ4v) is 1.57. The van der Waals surface area contributed by atoms with Gasteiger partial charge in [-0.25, -0.2) is 8.42 Å². The third-order valence-corrected chi connectivity index (χ3v) is 2.65. The maximum absolute atomic E-state index is 10.5. The summed E-state index contributed by atoms with van der Waals surface area (Å²) in [6, 6.07) is 2.78. The van der Waals surface area contributed by atoms with Gasteiger partial charge in [-0.2, -0.15) is 0 Å². The van der Waals surface area contributed by atoms with Crippen LogP contribution >= 0.6 is 11.6 Å². The summed E-state index contributed by atoms with van der Waals surface area (Å²) >= 11 is 5.72. The summed E-state index contributed by atoms with van der Waals surface area (Å²) in [4.78, 5) is 0.151.